The number of aryl methyl sites for hydroxylation is 1. The molecule has 0 radical (unpaired) electrons. The number of phenolic OH excluding ortho intramolecular Hbond substituents is 1. The van der Waals surface area contributed by atoms with E-state index in [2.05, 4.69) is 0 Å². The number of ether oxygens (including phenoxy) is 3. The third-order valence-corrected chi connectivity index (χ3v) is 6.70. The van der Waals surface area contributed by atoms with E-state index in [1.54, 1.807) is 62.4 Å². The monoisotopic (exact) mass is 551 g/mol. The van der Waals surface area contributed by atoms with Crippen LogP contribution in [-0.2, 0) is 9.59 Å². The number of anilines is 1. The van der Waals surface area contributed by atoms with Gasteiger partial charge >= 0.3 is 0 Å². The third-order valence-electron chi connectivity index (χ3n) is 6.30. The van der Waals surface area contributed by atoms with E-state index >= 15 is 0 Å². The average molecular weight is 552 g/mol. The number of aliphatic hydroxyl groups is 1. The second-order valence-electron chi connectivity index (χ2n) is 8.79. The number of aromatic hydroxyl groups is 1. The summed E-state index contributed by atoms with van der Waals surface area (Å²) < 4.78 is 16.9. The number of carbonyl (C=O) groups is 2. The van der Waals surface area contributed by atoms with Crippen molar-refractivity contribution in [1.29, 1.82) is 0 Å². The van der Waals surface area contributed by atoms with Crippen LogP contribution in [0.1, 0.15) is 43.5 Å². The van der Waals surface area contributed by atoms with Crippen LogP contribution in [0.3, 0.4) is 0 Å². The number of halogens is 1. The highest BCUT2D eigenvalue weighted by Crippen LogP contribution is 2.45. The fourth-order valence-corrected chi connectivity index (χ4v) is 4.67. The second kappa shape index (κ2) is 11.7. The minimum atomic E-state index is -1.05. The number of amides is 1. The van der Waals surface area contributed by atoms with E-state index in [1.165, 1.54) is 11.0 Å². The molecule has 4 rings (SSSR count). The van der Waals surface area contributed by atoms with Crippen molar-refractivity contribution >= 4 is 34.7 Å². The number of aliphatic hydroxyl groups excluding tert-OH is 1. The molecule has 0 aromatic heterocycles. The molecule has 0 saturated carbocycles. The molecule has 1 atom stereocenters. The Hall–Kier alpha value is -4.17. The summed E-state index contributed by atoms with van der Waals surface area (Å²) in [6.07, 6.45) is 0. The van der Waals surface area contributed by atoms with Crippen molar-refractivity contribution < 1.29 is 34.0 Å². The summed E-state index contributed by atoms with van der Waals surface area (Å²) in [7, 11) is 0. The third kappa shape index (κ3) is 5.38. The van der Waals surface area contributed by atoms with Gasteiger partial charge in [-0.3, -0.25) is 14.5 Å². The number of nitrogens with zero attached hydrogens (tertiary/aromatic N) is 1. The van der Waals surface area contributed by atoms with E-state index in [-0.39, 0.29) is 29.2 Å². The SMILES string of the molecule is CCOc1ccc(/C(O)=C2\C(=O)C(=O)N(c3ccc(C)c(Cl)c3)C2c2ccc(O)c(OCC)c2)c(OCC)c1. The van der Waals surface area contributed by atoms with Crippen molar-refractivity contribution in [3.05, 3.63) is 81.9 Å². The van der Waals surface area contributed by atoms with Crippen molar-refractivity contribution in [2.24, 2.45) is 0 Å². The molecule has 2 N–H and O–H groups in total. The zero-order valence-electron chi connectivity index (χ0n) is 22.2. The number of ketones is 1. The normalized spacial score (nSPS) is 16.4. The lowest BCUT2D eigenvalue weighted by Gasteiger charge is -2.26. The number of phenols is 1. The summed E-state index contributed by atoms with van der Waals surface area (Å²) >= 11 is 6.38. The molecule has 1 unspecified atom stereocenters. The van der Waals surface area contributed by atoms with Crippen molar-refractivity contribution in [2.75, 3.05) is 24.7 Å². The zero-order chi connectivity index (χ0) is 28.3. The summed E-state index contributed by atoms with van der Waals surface area (Å²) in [5, 5.41) is 22.3. The standard InChI is InChI=1S/C30H30ClNO7/c1-5-37-20-11-12-21(24(16-20)38-6-2)28(34)26-27(18-9-13-23(33)25(14-18)39-7-3)32(30(36)29(26)35)19-10-8-17(4)22(31)15-19/h8-16,27,33-34H,5-7H2,1-4H3/b28-26+. The van der Waals surface area contributed by atoms with Gasteiger partial charge in [-0.25, -0.2) is 0 Å². The molecular formula is C30H30ClNO7. The lowest BCUT2D eigenvalue weighted by molar-refractivity contribution is -0.132. The Morgan fingerprint density at radius 3 is 2.26 bits per heavy atom. The Kier molecular flexibility index (Phi) is 8.35. The van der Waals surface area contributed by atoms with Crippen LogP contribution in [0.5, 0.6) is 23.0 Å². The second-order valence-corrected chi connectivity index (χ2v) is 9.19. The van der Waals surface area contributed by atoms with E-state index in [0.29, 0.717) is 41.0 Å². The van der Waals surface area contributed by atoms with Gasteiger partial charge in [0.1, 0.15) is 17.3 Å². The summed E-state index contributed by atoms with van der Waals surface area (Å²) in [6, 6.07) is 13.4. The van der Waals surface area contributed by atoms with Crippen LogP contribution < -0.4 is 19.1 Å². The van der Waals surface area contributed by atoms with Gasteiger partial charge in [0.2, 0.25) is 0 Å². The van der Waals surface area contributed by atoms with E-state index < -0.39 is 23.5 Å². The molecule has 1 heterocycles. The molecule has 204 valence electrons. The van der Waals surface area contributed by atoms with Gasteiger partial charge in [0.05, 0.1) is 37.0 Å². The minimum absolute atomic E-state index is 0.0962. The molecule has 8 nitrogen and oxygen atoms in total. The van der Waals surface area contributed by atoms with Crippen molar-refractivity contribution in [1.82, 2.24) is 0 Å². The first-order valence-corrected chi connectivity index (χ1v) is 13.0. The zero-order valence-corrected chi connectivity index (χ0v) is 22.9. The molecule has 1 amide bonds. The molecule has 1 fully saturated rings. The number of rotatable bonds is 9. The van der Waals surface area contributed by atoms with Crippen molar-refractivity contribution in [3.63, 3.8) is 0 Å². The smallest absolute Gasteiger partial charge is 0.300 e. The van der Waals surface area contributed by atoms with Crippen LogP contribution in [0.25, 0.3) is 5.76 Å². The van der Waals surface area contributed by atoms with Crippen LogP contribution in [-0.4, -0.2) is 41.7 Å². The Bertz CT molecular complexity index is 1450. The highest BCUT2D eigenvalue weighted by atomic mass is 35.5. The molecule has 0 aliphatic carbocycles. The Morgan fingerprint density at radius 2 is 1.59 bits per heavy atom. The first-order chi connectivity index (χ1) is 18.7. The van der Waals surface area contributed by atoms with Gasteiger partial charge in [-0.2, -0.15) is 0 Å². The summed E-state index contributed by atoms with van der Waals surface area (Å²) in [6.45, 7) is 8.26. The molecule has 1 aliphatic heterocycles. The minimum Gasteiger partial charge on any atom is -0.507 e. The van der Waals surface area contributed by atoms with Crippen LogP contribution in [0.15, 0.2) is 60.2 Å². The maximum absolute atomic E-state index is 13.6. The maximum Gasteiger partial charge on any atom is 0.300 e. The van der Waals surface area contributed by atoms with E-state index in [9.17, 15) is 19.8 Å². The Labute approximate surface area is 232 Å². The average Bonchev–Trinajstić information content (AvgIpc) is 3.17. The van der Waals surface area contributed by atoms with Crippen LogP contribution in [0, 0.1) is 6.92 Å². The Morgan fingerprint density at radius 1 is 0.897 bits per heavy atom. The predicted octanol–water partition coefficient (Wildman–Crippen LogP) is 6.18. The molecule has 1 saturated heterocycles. The number of Topliss-reactive ketones (excluding diaryl/α,β-unsaturated/α-hetero) is 1. The molecule has 39 heavy (non-hydrogen) atoms. The first kappa shape index (κ1) is 27.9. The molecule has 9 heteroatoms. The maximum atomic E-state index is 13.6. The highest BCUT2D eigenvalue weighted by molar-refractivity contribution is 6.52. The number of carbonyl (C=O) groups excluding carboxylic acids is 2. The van der Waals surface area contributed by atoms with Gasteiger partial charge in [0.25, 0.3) is 11.7 Å². The van der Waals surface area contributed by atoms with Gasteiger partial charge in [-0.05, 0) is 75.2 Å². The van der Waals surface area contributed by atoms with E-state index in [4.69, 9.17) is 25.8 Å². The van der Waals surface area contributed by atoms with Crippen LogP contribution in [0.2, 0.25) is 5.02 Å². The number of benzene rings is 3. The lowest BCUT2D eigenvalue weighted by atomic mass is 9.94. The topological polar surface area (TPSA) is 106 Å². The quantitative estimate of drug-likeness (QED) is 0.186. The Balaban J connectivity index is 1.98. The van der Waals surface area contributed by atoms with Gasteiger partial charge in [-0.15, -0.1) is 0 Å². The summed E-state index contributed by atoms with van der Waals surface area (Å²) in [5.41, 5.74) is 1.70. The summed E-state index contributed by atoms with van der Waals surface area (Å²) in [5.74, 6) is -1.21. The molecule has 3 aromatic rings. The van der Waals surface area contributed by atoms with E-state index in [1.807, 2.05) is 13.8 Å². The fourth-order valence-electron chi connectivity index (χ4n) is 4.49. The lowest BCUT2D eigenvalue weighted by Crippen LogP contribution is -2.29. The molecule has 3 aromatic carbocycles. The highest BCUT2D eigenvalue weighted by Gasteiger charge is 2.47. The first-order valence-electron chi connectivity index (χ1n) is 12.6. The van der Waals surface area contributed by atoms with E-state index in [0.717, 1.165) is 5.56 Å². The van der Waals surface area contributed by atoms with Crippen LogP contribution in [0.4, 0.5) is 5.69 Å². The van der Waals surface area contributed by atoms with Crippen molar-refractivity contribution in [3.8, 4) is 23.0 Å². The number of hydrogen-bond donors (Lipinski definition) is 2. The van der Waals surface area contributed by atoms with Gasteiger partial charge < -0.3 is 24.4 Å². The van der Waals surface area contributed by atoms with Gasteiger partial charge in [-0.1, -0.05) is 23.7 Å². The van der Waals surface area contributed by atoms with Gasteiger partial charge in [0, 0.05) is 16.8 Å². The van der Waals surface area contributed by atoms with Crippen LogP contribution >= 0.6 is 11.6 Å². The molecule has 1 aliphatic rings. The largest absolute Gasteiger partial charge is 0.507 e. The van der Waals surface area contributed by atoms with Gasteiger partial charge in [0.15, 0.2) is 11.5 Å². The number of hydrogen-bond acceptors (Lipinski definition) is 7. The molecular weight excluding hydrogens is 522 g/mol. The summed E-state index contributed by atoms with van der Waals surface area (Å²) in [4.78, 5) is 28.4. The molecule has 0 bridgehead atoms. The fraction of sp³-hybridized carbons (Fsp3) is 0.267. The van der Waals surface area contributed by atoms with Crippen molar-refractivity contribution in [2.45, 2.75) is 33.7 Å². The predicted molar refractivity (Wildman–Crippen MR) is 149 cm³/mol. The molecule has 0 spiro atoms.